The second-order valence-electron chi connectivity index (χ2n) is 3.53. The first-order valence-electron chi connectivity index (χ1n) is 4.98. The molecule has 0 aliphatic heterocycles. The Balaban J connectivity index is 2.34. The van der Waals surface area contributed by atoms with E-state index < -0.39 is 0 Å². The molecule has 0 aliphatic rings. The van der Waals surface area contributed by atoms with Gasteiger partial charge in [-0.3, -0.25) is 4.79 Å². The SMILES string of the molecule is CNC(=O)Cc1ccc2ccccc2c1. The Hall–Kier alpha value is -1.83. The van der Waals surface area contributed by atoms with Crippen molar-refractivity contribution in [1.29, 1.82) is 0 Å². The van der Waals surface area contributed by atoms with E-state index in [4.69, 9.17) is 0 Å². The van der Waals surface area contributed by atoms with Crippen LogP contribution in [0.2, 0.25) is 0 Å². The van der Waals surface area contributed by atoms with Gasteiger partial charge in [-0.05, 0) is 16.3 Å². The van der Waals surface area contributed by atoms with Gasteiger partial charge in [-0.2, -0.15) is 0 Å². The van der Waals surface area contributed by atoms with E-state index in [2.05, 4.69) is 23.5 Å². The first kappa shape index (κ1) is 9.71. The molecule has 0 heterocycles. The predicted octanol–water partition coefficient (Wildman–Crippen LogP) is 2.13. The fourth-order valence-corrected chi connectivity index (χ4v) is 1.62. The van der Waals surface area contributed by atoms with Crippen LogP contribution in [0.4, 0.5) is 0 Å². The van der Waals surface area contributed by atoms with Crippen molar-refractivity contribution in [2.24, 2.45) is 0 Å². The van der Waals surface area contributed by atoms with Crippen LogP contribution < -0.4 is 5.32 Å². The summed E-state index contributed by atoms with van der Waals surface area (Å²) < 4.78 is 0. The number of fused-ring (bicyclic) bond motifs is 1. The zero-order chi connectivity index (χ0) is 10.7. The highest BCUT2D eigenvalue weighted by atomic mass is 16.1. The van der Waals surface area contributed by atoms with E-state index in [9.17, 15) is 4.79 Å². The van der Waals surface area contributed by atoms with Gasteiger partial charge in [-0.15, -0.1) is 0 Å². The van der Waals surface area contributed by atoms with Gasteiger partial charge < -0.3 is 5.32 Å². The first-order valence-corrected chi connectivity index (χ1v) is 4.98. The third-order valence-electron chi connectivity index (χ3n) is 2.46. The molecule has 15 heavy (non-hydrogen) atoms. The van der Waals surface area contributed by atoms with Gasteiger partial charge in [-0.1, -0.05) is 42.5 Å². The third kappa shape index (κ3) is 2.15. The highest BCUT2D eigenvalue weighted by Crippen LogP contribution is 2.15. The van der Waals surface area contributed by atoms with Crippen molar-refractivity contribution in [2.75, 3.05) is 7.05 Å². The Morgan fingerprint density at radius 1 is 1.13 bits per heavy atom. The van der Waals surface area contributed by atoms with Gasteiger partial charge in [0.15, 0.2) is 0 Å². The Bertz CT molecular complexity index is 491. The highest BCUT2D eigenvalue weighted by molar-refractivity contribution is 5.85. The molecule has 2 aromatic rings. The fraction of sp³-hybridized carbons (Fsp3) is 0.154. The van der Waals surface area contributed by atoms with Crippen molar-refractivity contribution >= 4 is 16.7 Å². The van der Waals surface area contributed by atoms with Crippen LogP contribution >= 0.6 is 0 Å². The number of nitrogens with one attached hydrogen (secondary N) is 1. The van der Waals surface area contributed by atoms with E-state index in [1.54, 1.807) is 7.05 Å². The monoisotopic (exact) mass is 199 g/mol. The van der Waals surface area contributed by atoms with Gasteiger partial charge in [0.2, 0.25) is 5.91 Å². The molecule has 0 saturated heterocycles. The lowest BCUT2D eigenvalue weighted by atomic mass is 10.1. The van der Waals surface area contributed by atoms with Crippen LogP contribution in [0.5, 0.6) is 0 Å². The standard InChI is InChI=1S/C13H13NO/c1-14-13(15)9-10-6-7-11-4-2-3-5-12(11)8-10/h2-8H,9H2,1H3,(H,14,15). The lowest BCUT2D eigenvalue weighted by Crippen LogP contribution is -2.19. The van der Waals surface area contributed by atoms with E-state index in [-0.39, 0.29) is 5.91 Å². The molecule has 2 heteroatoms. The number of carbonyl (C=O) groups excluding carboxylic acids is 1. The largest absolute Gasteiger partial charge is 0.359 e. The van der Waals surface area contributed by atoms with Crippen LogP contribution in [0.25, 0.3) is 10.8 Å². The summed E-state index contributed by atoms with van der Waals surface area (Å²) in [5, 5.41) is 5.01. The summed E-state index contributed by atoms with van der Waals surface area (Å²) in [7, 11) is 1.66. The molecule has 0 bridgehead atoms. The molecule has 0 atom stereocenters. The van der Waals surface area contributed by atoms with Crippen molar-refractivity contribution < 1.29 is 4.79 Å². The second kappa shape index (κ2) is 4.13. The minimum Gasteiger partial charge on any atom is -0.359 e. The zero-order valence-corrected chi connectivity index (χ0v) is 8.66. The normalized spacial score (nSPS) is 10.2. The van der Waals surface area contributed by atoms with E-state index in [0.29, 0.717) is 6.42 Å². The van der Waals surface area contributed by atoms with Gasteiger partial charge in [-0.25, -0.2) is 0 Å². The number of amides is 1. The van der Waals surface area contributed by atoms with Crippen LogP contribution in [0.3, 0.4) is 0 Å². The Morgan fingerprint density at radius 3 is 2.60 bits per heavy atom. The maximum Gasteiger partial charge on any atom is 0.224 e. The minimum atomic E-state index is 0.0466. The van der Waals surface area contributed by atoms with Crippen LogP contribution in [0.1, 0.15) is 5.56 Å². The molecule has 0 unspecified atom stereocenters. The first-order chi connectivity index (χ1) is 7.29. The number of benzene rings is 2. The molecule has 0 radical (unpaired) electrons. The third-order valence-corrected chi connectivity index (χ3v) is 2.46. The molecule has 2 aromatic carbocycles. The van der Waals surface area contributed by atoms with E-state index in [0.717, 1.165) is 5.56 Å². The van der Waals surface area contributed by atoms with E-state index in [1.807, 2.05) is 24.3 Å². The van der Waals surface area contributed by atoms with Gasteiger partial charge in [0.25, 0.3) is 0 Å². The lowest BCUT2D eigenvalue weighted by Gasteiger charge is -2.02. The summed E-state index contributed by atoms with van der Waals surface area (Å²) in [5.41, 5.74) is 1.05. The van der Waals surface area contributed by atoms with Crippen LogP contribution in [0, 0.1) is 0 Å². The van der Waals surface area contributed by atoms with Crippen molar-refractivity contribution in [1.82, 2.24) is 5.32 Å². The Morgan fingerprint density at radius 2 is 1.87 bits per heavy atom. The summed E-state index contributed by atoms with van der Waals surface area (Å²) in [6.07, 6.45) is 0.446. The predicted molar refractivity (Wildman–Crippen MR) is 61.7 cm³/mol. The summed E-state index contributed by atoms with van der Waals surface area (Å²) in [6.45, 7) is 0. The van der Waals surface area contributed by atoms with Gasteiger partial charge in [0.05, 0.1) is 6.42 Å². The van der Waals surface area contributed by atoms with E-state index >= 15 is 0 Å². The second-order valence-corrected chi connectivity index (χ2v) is 3.53. The maximum atomic E-state index is 11.2. The number of hydrogen-bond donors (Lipinski definition) is 1. The molecule has 0 fully saturated rings. The average molecular weight is 199 g/mol. The lowest BCUT2D eigenvalue weighted by molar-refractivity contribution is -0.119. The molecule has 1 amide bonds. The zero-order valence-electron chi connectivity index (χ0n) is 8.66. The molecular weight excluding hydrogens is 186 g/mol. The number of rotatable bonds is 2. The van der Waals surface area contributed by atoms with Crippen molar-refractivity contribution in [3.63, 3.8) is 0 Å². The summed E-state index contributed by atoms with van der Waals surface area (Å²) in [6, 6.07) is 14.3. The molecule has 0 spiro atoms. The topological polar surface area (TPSA) is 29.1 Å². The van der Waals surface area contributed by atoms with Crippen LogP contribution in [-0.2, 0) is 11.2 Å². The summed E-state index contributed by atoms with van der Waals surface area (Å²) in [5.74, 6) is 0.0466. The summed E-state index contributed by atoms with van der Waals surface area (Å²) >= 11 is 0. The van der Waals surface area contributed by atoms with Crippen LogP contribution in [-0.4, -0.2) is 13.0 Å². The molecular formula is C13H13NO. The van der Waals surface area contributed by atoms with Crippen molar-refractivity contribution in [2.45, 2.75) is 6.42 Å². The Kier molecular flexibility index (Phi) is 2.68. The number of carbonyl (C=O) groups is 1. The van der Waals surface area contributed by atoms with E-state index in [1.165, 1.54) is 10.8 Å². The van der Waals surface area contributed by atoms with Crippen LogP contribution in [0.15, 0.2) is 42.5 Å². The number of hydrogen-bond acceptors (Lipinski definition) is 1. The molecule has 2 nitrogen and oxygen atoms in total. The van der Waals surface area contributed by atoms with Gasteiger partial charge >= 0.3 is 0 Å². The summed E-state index contributed by atoms with van der Waals surface area (Å²) in [4.78, 5) is 11.2. The molecule has 76 valence electrons. The Labute approximate surface area is 88.9 Å². The highest BCUT2D eigenvalue weighted by Gasteiger charge is 2.01. The fourth-order valence-electron chi connectivity index (χ4n) is 1.62. The quantitative estimate of drug-likeness (QED) is 0.788. The molecule has 0 saturated carbocycles. The molecule has 2 rings (SSSR count). The molecule has 1 N–H and O–H groups in total. The van der Waals surface area contributed by atoms with Crippen molar-refractivity contribution in [3.8, 4) is 0 Å². The maximum absolute atomic E-state index is 11.2. The number of likely N-dealkylation sites (N-methyl/N-ethyl adjacent to an activating group) is 1. The molecule has 0 aromatic heterocycles. The van der Waals surface area contributed by atoms with Crippen molar-refractivity contribution in [3.05, 3.63) is 48.0 Å². The molecule has 0 aliphatic carbocycles. The minimum absolute atomic E-state index is 0.0466. The van der Waals surface area contributed by atoms with Gasteiger partial charge in [0, 0.05) is 7.05 Å². The average Bonchev–Trinajstić information content (AvgIpc) is 2.29. The smallest absolute Gasteiger partial charge is 0.224 e. The van der Waals surface area contributed by atoms with Gasteiger partial charge in [0.1, 0.15) is 0 Å².